The van der Waals surface area contributed by atoms with Gasteiger partial charge in [-0.25, -0.2) is 8.42 Å². The number of benzene rings is 1. The molecule has 2 aromatic rings. The van der Waals surface area contributed by atoms with E-state index < -0.39 is 10.0 Å². The minimum absolute atomic E-state index is 0.150. The van der Waals surface area contributed by atoms with E-state index in [1.807, 2.05) is 6.07 Å². The standard InChI is InChI=1S/C18H19BrN4O3S2/c19-15-2-1-3-16(12-15)28(25,26)23-9-7-22(8-10-23)6-4-17(24)21-18-14(13-20)5-11-27-18/h1-3,5,11-12H,4,6-10H2,(H,21,24). The summed E-state index contributed by atoms with van der Waals surface area (Å²) in [5, 5.41) is 14.1. The first-order chi connectivity index (χ1) is 13.4. The molecule has 10 heteroatoms. The molecule has 1 amide bonds. The van der Waals surface area contributed by atoms with Crippen LogP contribution in [0.2, 0.25) is 0 Å². The maximum atomic E-state index is 12.7. The molecule has 3 rings (SSSR count). The Morgan fingerprint density at radius 1 is 1.25 bits per heavy atom. The molecule has 0 radical (unpaired) electrons. The van der Waals surface area contributed by atoms with E-state index in [0.717, 1.165) is 4.47 Å². The number of hydrogen-bond acceptors (Lipinski definition) is 6. The molecule has 7 nitrogen and oxygen atoms in total. The zero-order chi connectivity index (χ0) is 20.1. The minimum atomic E-state index is -3.51. The Balaban J connectivity index is 1.49. The molecule has 28 heavy (non-hydrogen) atoms. The molecule has 1 aromatic heterocycles. The van der Waals surface area contributed by atoms with E-state index >= 15 is 0 Å². The van der Waals surface area contributed by atoms with Gasteiger partial charge in [-0.3, -0.25) is 4.79 Å². The van der Waals surface area contributed by atoms with Crippen LogP contribution in [-0.4, -0.2) is 56.3 Å². The predicted octanol–water partition coefficient (Wildman–Crippen LogP) is 2.72. The fourth-order valence-electron chi connectivity index (χ4n) is 2.91. The lowest BCUT2D eigenvalue weighted by molar-refractivity contribution is -0.116. The van der Waals surface area contributed by atoms with Crippen molar-refractivity contribution in [3.63, 3.8) is 0 Å². The van der Waals surface area contributed by atoms with Gasteiger partial charge in [0.15, 0.2) is 0 Å². The molecule has 1 aliphatic heterocycles. The highest BCUT2D eigenvalue weighted by Crippen LogP contribution is 2.23. The van der Waals surface area contributed by atoms with Gasteiger partial charge in [-0.05, 0) is 29.6 Å². The monoisotopic (exact) mass is 482 g/mol. The quantitative estimate of drug-likeness (QED) is 0.682. The Morgan fingerprint density at radius 2 is 2.00 bits per heavy atom. The highest BCUT2D eigenvalue weighted by Gasteiger charge is 2.28. The van der Waals surface area contributed by atoms with Crippen molar-refractivity contribution in [3.8, 4) is 6.07 Å². The summed E-state index contributed by atoms with van der Waals surface area (Å²) in [6.45, 7) is 2.47. The Bertz CT molecular complexity index is 992. The number of amides is 1. The smallest absolute Gasteiger partial charge is 0.243 e. The van der Waals surface area contributed by atoms with Crippen LogP contribution in [0.1, 0.15) is 12.0 Å². The molecular weight excluding hydrogens is 464 g/mol. The summed E-state index contributed by atoms with van der Waals surface area (Å²) in [7, 11) is -3.51. The highest BCUT2D eigenvalue weighted by atomic mass is 79.9. The first-order valence-corrected chi connectivity index (χ1v) is 11.8. The molecule has 0 spiro atoms. The van der Waals surface area contributed by atoms with E-state index in [1.165, 1.54) is 15.6 Å². The van der Waals surface area contributed by atoms with Gasteiger partial charge < -0.3 is 10.2 Å². The second kappa shape index (κ2) is 9.15. The third-order valence-electron chi connectivity index (χ3n) is 4.46. The average molecular weight is 483 g/mol. The largest absolute Gasteiger partial charge is 0.317 e. The van der Waals surface area contributed by atoms with Gasteiger partial charge in [0.25, 0.3) is 0 Å². The van der Waals surface area contributed by atoms with Crippen LogP contribution in [0.4, 0.5) is 5.00 Å². The van der Waals surface area contributed by atoms with Crippen molar-refractivity contribution in [1.82, 2.24) is 9.21 Å². The van der Waals surface area contributed by atoms with Gasteiger partial charge in [0.1, 0.15) is 11.1 Å². The zero-order valence-electron chi connectivity index (χ0n) is 15.0. The SMILES string of the molecule is N#Cc1ccsc1NC(=O)CCN1CCN(S(=O)(=O)c2cccc(Br)c2)CC1. The van der Waals surface area contributed by atoms with Crippen molar-refractivity contribution in [2.75, 3.05) is 38.0 Å². The fraction of sp³-hybridized carbons (Fsp3) is 0.333. The fourth-order valence-corrected chi connectivity index (χ4v) is 5.69. The average Bonchev–Trinajstić information content (AvgIpc) is 3.13. The molecule has 1 aliphatic rings. The van der Waals surface area contributed by atoms with E-state index in [0.29, 0.717) is 49.7 Å². The summed E-state index contributed by atoms with van der Waals surface area (Å²) in [5.41, 5.74) is 0.463. The van der Waals surface area contributed by atoms with Gasteiger partial charge in [-0.15, -0.1) is 11.3 Å². The number of piperazine rings is 1. The Hall–Kier alpha value is -1.77. The van der Waals surface area contributed by atoms with Gasteiger partial charge in [-0.1, -0.05) is 22.0 Å². The van der Waals surface area contributed by atoms with Crippen LogP contribution in [0.5, 0.6) is 0 Å². The second-order valence-corrected chi connectivity index (χ2v) is 10.0. The van der Waals surface area contributed by atoms with Gasteiger partial charge in [0, 0.05) is 43.6 Å². The molecule has 1 saturated heterocycles. The summed E-state index contributed by atoms with van der Waals surface area (Å²) in [6, 6.07) is 10.4. The van der Waals surface area contributed by atoms with Crippen LogP contribution in [0.25, 0.3) is 0 Å². The molecule has 0 unspecified atom stereocenters. The van der Waals surface area contributed by atoms with Crippen molar-refractivity contribution in [1.29, 1.82) is 5.26 Å². The third-order valence-corrected chi connectivity index (χ3v) is 7.68. The third kappa shape index (κ3) is 4.98. The summed E-state index contributed by atoms with van der Waals surface area (Å²) in [5.74, 6) is -0.150. The maximum Gasteiger partial charge on any atom is 0.243 e. The number of nitrogens with zero attached hydrogens (tertiary/aromatic N) is 3. The number of carbonyl (C=O) groups excluding carboxylic acids is 1. The van der Waals surface area contributed by atoms with Crippen LogP contribution >= 0.6 is 27.3 Å². The molecule has 1 aromatic carbocycles. The maximum absolute atomic E-state index is 12.7. The summed E-state index contributed by atoms with van der Waals surface area (Å²) in [6.07, 6.45) is 0.293. The number of hydrogen-bond donors (Lipinski definition) is 1. The number of rotatable bonds is 6. The lowest BCUT2D eigenvalue weighted by atomic mass is 10.3. The van der Waals surface area contributed by atoms with Crippen molar-refractivity contribution in [2.24, 2.45) is 0 Å². The lowest BCUT2D eigenvalue weighted by Gasteiger charge is -2.33. The van der Waals surface area contributed by atoms with E-state index in [4.69, 9.17) is 5.26 Å². The number of nitrogens with one attached hydrogen (secondary N) is 1. The Morgan fingerprint density at radius 3 is 2.68 bits per heavy atom. The molecule has 148 valence electrons. The van der Waals surface area contributed by atoms with Crippen LogP contribution < -0.4 is 5.32 Å². The van der Waals surface area contributed by atoms with Crippen LogP contribution in [-0.2, 0) is 14.8 Å². The van der Waals surface area contributed by atoms with Crippen molar-refractivity contribution in [3.05, 3.63) is 45.7 Å². The van der Waals surface area contributed by atoms with Crippen LogP contribution in [0.3, 0.4) is 0 Å². The molecule has 1 N–H and O–H groups in total. The van der Waals surface area contributed by atoms with Gasteiger partial charge in [-0.2, -0.15) is 9.57 Å². The topological polar surface area (TPSA) is 93.5 Å². The molecule has 0 bridgehead atoms. The Labute approximate surface area is 176 Å². The number of sulfonamides is 1. The molecule has 2 heterocycles. The number of thiophene rings is 1. The van der Waals surface area contributed by atoms with E-state index in [-0.39, 0.29) is 10.8 Å². The second-order valence-electron chi connectivity index (χ2n) is 6.28. The van der Waals surface area contributed by atoms with Crippen molar-refractivity contribution in [2.45, 2.75) is 11.3 Å². The minimum Gasteiger partial charge on any atom is -0.317 e. The van der Waals surface area contributed by atoms with E-state index in [2.05, 4.69) is 26.1 Å². The van der Waals surface area contributed by atoms with Crippen molar-refractivity contribution < 1.29 is 13.2 Å². The first kappa shape index (κ1) is 21.0. The number of halogens is 1. The number of carbonyl (C=O) groups is 1. The zero-order valence-corrected chi connectivity index (χ0v) is 18.2. The van der Waals surface area contributed by atoms with E-state index in [9.17, 15) is 13.2 Å². The molecule has 1 fully saturated rings. The normalized spacial score (nSPS) is 15.9. The van der Waals surface area contributed by atoms with Crippen molar-refractivity contribution >= 4 is 48.2 Å². The summed E-state index contributed by atoms with van der Waals surface area (Å²) >= 11 is 4.63. The van der Waals surface area contributed by atoms with Crippen LogP contribution in [0.15, 0.2) is 45.1 Å². The lowest BCUT2D eigenvalue weighted by Crippen LogP contribution is -2.49. The molecular formula is C18H19BrN4O3S2. The van der Waals surface area contributed by atoms with Gasteiger partial charge >= 0.3 is 0 Å². The summed E-state index contributed by atoms with van der Waals surface area (Å²) in [4.78, 5) is 14.5. The van der Waals surface area contributed by atoms with Crippen LogP contribution in [0, 0.1) is 11.3 Å². The molecule has 0 saturated carbocycles. The summed E-state index contributed by atoms with van der Waals surface area (Å²) < 4.78 is 27.7. The van der Waals surface area contributed by atoms with E-state index in [1.54, 1.807) is 35.7 Å². The van der Waals surface area contributed by atoms with Gasteiger partial charge in [0.05, 0.1) is 10.5 Å². The number of nitriles is 1. The predicted molar refractivity (Wildman–Crippen MR) is 112 cm³/mol. The van der Waals surface area contributed by atoms with Gasteiger partial charge in [0.2, 0.25) is 15.9 Å². The molecule has 0 atom stereocenters. The first-order valence-electron chi connectivity index (χ1n) is 8.65. The Kier molecular flexibility index (Phi) is 6.85. The molecule has 0 aliphatic carbocycles. The number of anilines is 1. The highest BCUT2D eigenvalue weighted by molar-refractivity contribution is 9.10.